The predicted octanol–water partition coefficient (Wildman–Crippen LogP) is 1.96. The fourth-order valence-electron chi connectivity index (χ4n) is 2.90. The van der Waals surface area contributed by atoms with Crippen LogP contribution in [0.5, 0.6) is 0 Å². The number of nitrogens with zero attached hydrogens (tertiary/aromatic N) is 2. The van der Waals surface area contributed by atoms with Gasteiger partial charge in [0, 0.05) is 26.2 Å². The van der Waals surface area contributed by atoms with Gasteiger partial charge in [-0.2, -0.15) is 4.31 Å². The number of rotatable bonds is 5. The van der Waals surface area contributed by atoms with Gasteiger partial charge in [-0.05, 0) is 38.8 Å². The first-order chi connectivity index (χ1) is 10.5. The van der Waals surface area contributed by atoms with Crippen molar-refractivity contribution in [1.82, 2.24) is 9.21 Å². The number of hydrogen-bond donors (Lipinski definition) is 0. The van der Waals surface area contributed by atoms with Crippen LogP contribution in [-0.2, 0) is 14.8 Å². The first-order valence-electron chi connectivity index (χ1n) is 7.84. The molecule has 0 spiro atoms. The van der Waals surface area contributed by atoms with Crippen molar-refractivity contribution in [3.05, 3.63) is 30.3 Å². The third-order valence-corrected chi connectivity index (χ3v) is 6.07. The molecule has 6 heteroatoms. The van der Waals surface area contributed by atoms with Crippen LogP contribution in [-0.4, -0.2) is 49.7 Å². The second-order valence-electron chi connectivity index (χ2n) is 5.53. The smallest absolute Gasteiger partial charge is 0.243 e. The molecule has 1 amide bonds. The highest BCUT2D eigenvalue weighted by Gasteiger charge is 2.34. The van der Waals surface area contributed by atoms with E-state index < -0.39 is 10.0 Å². The predicted molar refractivity (Wildman–Crippen MR) is 85.9 cm³/mol. The molecule has 1 aliphatic rings. The lowest BCUT2D eigenvalue weighted by atomic mass is 9.98. The first kappa shape index (κ1) is 17.0. The van der Waals surface area contributed by atoms with E-state index in [9.17, 15) is 13.2 Å². The van der Waals surface area contributed by atoms with Crippen LogP contribution >= 0.6 is 0 Å². The molecule has 122 valence electrons. The van der Waals surface area contributed by atoms with E-state index >= 15 is 0 Å². The van der Waals surface area contributed by atoms with Gasteiger partial charge >= 0.3 is 0 Å². The summed E-state index contributed by atoms with van der Waals surface area (Å²) in [7, 11) is -3.51. The molecule has 1 saturated heterocycles. The molecule has 1 unspecified atom stereocenters. The number of carbonyl (C=O) groups is 1. The van der Waals surface area contributed by atoms with Crippen LogP contribution in [0.4, 0.5) is 0 Å². The molecular formula is C16H24N2O3S. The maximum atomic E-state index is 12.7. The van der Waals surface area contributed by atoms with Gasteiger partial charge in [0.25, 0.3) is 0 Å². The Balaban J connectivity index is 2.15. The molecule has 1 aromatic carbocycles. The first-order valence-corrected chi connectivity index (χ1v) is 9.28. The highest BCUT2D eigenvalue weighted by Crippen LogP contribution is 2.24. The minimum absolute atomic E-state index is 0.0676. The van der Waals surface area contributed by atoms with E-state index in [4.69, 9.17) is 0 Å². The highest BCUT2D eigenvalue weighted by molar-refractivity contribution is 7.89. The maximum Gasteiger partial charge on any atom is 0.243 e. The van der Waals surface area contributed by atoms with Gasteiger partial charge in [0.05, 0.1) is 10.8 Å². The minimum atomic E-state index is -3.51. The molecule has 0 aliphatic carbocycles. The van der Waals surface area contributed by atoms with E-state index in [1.54, 1.807) is 35.2 Å². The van der Waals surface area contributed by atoms with E-state index in [1.807, 2.05) is 13.8 Å². The Labute approximate surface area is 133 Å². The van der Waals surface area contributed by atoms with Crippen molar-refractivity contribution in [3.63, 3.8) is 0 Å². The highest BCUT2D eigenvalue weighted by atomic mass is 32.2. The van der Waals surface area contributed by atoms with Gasteiger partial charge in [0.2, 0.25) is 15.9 Å². The molecule has 1 fully saturated rings. The fraction of sp³-hybridized carbons (Fsp3) is 0.562. The van der Waals surface area contributed by atoms with Gasteiger partial charge in [-0.25, -0.2) is 8.42 Å². The number of sulfonamides is 1. The summed E-state index contributed by atoms with van der Waals surface area (Å²) in [5.41, 5.74) is 0. The third-order valence-electron chi connectivity index (χ3n) is 4.19. The molecule has 0 radical (unpaired) electrons. The summed E-state index contributed by atoms with van der Waals surface area (Å²) in [6.45, 7) is 5.99. The van der Waals surface area contributed by atoms with Crippen molar-refractivity contribution >= 4 is 15.9 Å². The molecule has 1 heterocycles. The summed E-state index contributed by atoms with van der Waals surface area (Å²) in [4.78, 5) is 14.6. The van der Waals surface area contributed by atoms with Crippen molar-refractivity contribution in [1.29, 1.82) is 0 Å². The number of piperidine rings is 1. The Morgan fingerprint density at radius 3 is 2.45 bits per heavy atom. The molecule has 0 saturated carbocycles. The number of carbonyl (C=O) groups excluding carboxylic acids is 1. The summed E-state index contributed by atoms with van der Waals surface area (Å²) in [6, 6.07) is 8.43. The minimum Gasteiger partial charge on any atom is -0.343 e. The van der Waals surface area contributed by atoms with Crippen molar-refractivity contribution < 1.29 is 13.2 Å². The van der Waals surface area contributed by atoms with Crippen LogP contribution in [0.25, 0.3) is 0 Å². The van der Waals surface area contributed by atoms with Gasteiger partial charge in [-0.15, -0.1) is 0 Å². The molecule has 1 atom stereocenters. The van der Waals surface area contributed by atoms with E-state index in [-0.39, 0.29) is 18.4 Å². The van der Waals surface area contributed by atoms with E-state index in [0.717, 1.165) is 12.8 Å². The van der Waals surface area contributed by atoms with Crippen molar-refractivity contribution in [2.75, 3.05) is 26.2 Å². The summed E-state index contributed by atoms with van der Waals surface area (Å²) < 4.78 is 26.8. The number of amides is 1. The second-order valence-corrected chi connectivity index (χ2v) is 7.46. The quantitative estimate of drug-likeness (QED) is 0.832. The fourth-order valence-corrected chi connectivity index (χ4v) is 4.44. The van der Waals surface area contributed by atoms with Crippen molar-refractivity contribution in [2.24, 2.45) is 5.92 Å². The van der Waals surface area contributed by atoms with E-state index in [2.05, 4.69) is 0 Å². The Morgan fingerprint density at radius 2 is 1.86 bits per heavy atom. The monoisotopic (exact) mass is 324 g/mol. The lowest BCUT2D eigenvalue weighted by Crippen LogP contribution is -2.46. The van der Waals surface area contributed by atoms with Crippen LogP contribution in [0, 0.1) is 5.92 Å². The molecule has 0 bridgehead atoms. The van der Waals surface area contributed by atoms with Gasteiger partial charge in [-0.1, -0.05) is 18.2 Å². The molecule has 0 N–H and O–H groups in total. The lowest BCUT2D eigenvalue weighted by Gasteiger charge is -2.33. The summed E-state index contributed by atoms with van der Waals surface area (Å²) in [6.07, 6.45) is 1.49. The molecule has 0 aromatic heterocycles. The Hall–Kier alpha value is -1.40. The van der Waals surface area contributed by atoms with Gasteiger partial charge in [0.15, 0.2) is 0 Å². The standard InChI is InChI=1S/C16H24N2O3S/c1-3-17(4-2)16(19)14-9-8-12-18(13-14)22(20,21)15-10-6-5-7-11-15/h5-7,10-11,14H,3-4,8-9,12-13H2,1-2H3. The second kappa shape index (κ2) is 7.24. The Kier molecular flexibility index (Phi) is 5.58. The van der Waals surface area contributed by atoms with E-state index in [1.165, 1.54) is 4.31 Å². The van der Waals surface area contributed by atoms with E-state index in [0.29, 0.717) is 24.5 Å². The molecule has 22 heavy (non-hydrogen) atoms. The Bertz CT molecular complexity index is 597. The molecule has 1 aromatic rings. The lowest BCUT2D eigenvalue weighted by molar-refractivity contribution is -0.136. The Morgan fingerprint density at radius 1 is 1.23 bits per heavy atom. The SMILES string of the molecule is CCN(CC)C(=O)C1CCCN(S(=O)(=O)c2ccccc2)C1. The summed E-state index contributed by atoms with van der Waals surface area (Å²) >= 11 is 0. The maximum absolute atomic E-state index is 12.7. The number of benzene rings is 1. The summed E-state index contributed by atoms with van der Waals surface area (Å²) in [5, 5.41) is 0. The largest absolute Gasteiger partial charge is 0.343 e. The van der Waals surface area contributed by atoms with Crippen LogP contribution in [0.1, 0.15) is 26.7 Å². The average molecular weight is 324 g/mol. The zero-order valence-corrected chi connectivity index (χ0v) is 14.1. The molecule has 2 rings (SSSR count). The van der Waals surface area contributed by atoms with Crippen LogP contribution in [0.2, 0.25) is 0 Å². The normalized spacial score (nSPS) is 19.8. The third kappa shape index (κ3) is 3.50. The van der Waals surface area contributed by atoms with Gasteiger partial charge < -0.3 is 4.90 Å². The molecular weight excluding hydrogens is 300 g/mol. The van der Waals surface area contributed by atoms with Gasteiger partial charge in [-0.3, -0.25) is 4.79 Å². The van der Waals surface area contributed by atoms with Crippen LogP contribution in [0.3, 0.4) is 0 Å². The zero-order valence-electron chi connectivity index (χ0n) is 13.2. The topological polar surface area (TPSA) is 57.7 Å². The molecule has 1 aliphatic heterocycles. The van der Waals surface area contributed by atoms with Crippen molar-refractivity contribution in [2.45, 2.75) is 31.6 Å². The van der Waals surface area contributed by atoms with Gasteiger partial charge in [0.1, 0.15) is 0 Å². The average Bonchev–Trinajstić information content (AvgIpc) is 2.57. The van der Waals surface area contributed by atoms with Crippen LogP contribution < -0.4 is 0 Å². The summed E-state index contributed by atoms with van der Waals surface area (Å²) in [5.74, 6) is -0.162. The van der Waals surface area contributed by atoms with Crippen molar-refractivity contribution in [3.8, 4) is 0 Å². The number of hydrogen-bond acceptors (Lipinski definition) is 3. The molecule has 5 nitrogen and oxygen atoms in total. The van der Waals surface area contributed by atoms with Crippen LogP contribution in [0.15, 0.2) is 35.2 Å². The zero-order chi connectivity index (χ0) is 16.2.